The van der Waals surface area contributed by atoms with Crippen LogP contribution in [0.15, 0.2) is 23.1 Å². The van der Waals surface area contributed by atoms with E-state index in [-0.39, 0.29) is 28.7 Å². The predicted octanol–water partition coefficient (Wildman–Crippen LogP) is 0.296. The summed E-state index contributed by atoms with van der Waals surface area (Å²) in [6, 6.07) is 2.22. The zero-order valence-electron chi connectivity index (χ0n) is 9.57. The van der Waals surface area contributed by atoms with Crippen molar-refractivity contribution in [1.29, 1.82) is 0 Å². The highest BCUT2D eigenvalue weighted by atomic mass is 32.2. The Labute approximate surface area is 104 Å². The maximum absolute atomic E-state index is 11.7. The van der Waals surface area contributed by atoms with Crippen molar-refractivity contribution in [1.82, 2.24) is 4.57 Å². The molecular formula is C11H13NO5S. The van der Waals surface area contributed by atoms with Gasteiger partial charge in [0.05, 0.1) is 17.1 Å². The van der Waals surface area contributed by atoms with E-state index in [0.717, 1.165) is 0 Å². The average Bonchev–Trinajstić information content (AvgIpc) is 2.30. The van der Waals surface area contributed by atoms with Crippen molar-refractivity contribution in [2.75, 3.05) is 11.5 Å². The maximum atomic E-state index is 11.7. The molecule has 98 valence electrons. The lowest BCUT2D eigenvalue weighted by Gasteiger charge is -2.24. The Morgan fingerprint density at radius 2 is 1.89 bits per heavy atom. The van der Waals surface area contributed by atoms with Gasteiger partial charge < -0.3 is 9.67 Å². The first-order valence-electron chi connectivity index (χ1n) is 5.55. The van der Waals surface area contributed by atoms with E-state index in [9.17, 15) is 18.0 Å². The lowest BCUT2D eigenvalue weighted by Crippen LogP contribution is -2.31. The lowest BCUT2D eigenvalue weighted by atomic mass is 10.1. The number of rotatable bonds is 2. The van der Waals surface area contributed by atoms with Gasteiger partial charge in [-0.3, -0.25) is 4.79 Å². The molecule has 7 heteroatoms. The largest absolute Gasteiger partial charge is 0.478 e. The molecule has 0 aliphatic carbocycles. The third-order valence-corrected chi connectivity index (χ3v) is 4.82. The summed E-state index contributed by atoms with van der Waals surface area (Å²) in [5.41, 5.74) is -0.271. The molecule has 18 heavy (non-hydrogen) atoms. The van der Waals surface area contributed by atoms with E-state index in [4.69, 9.17) is 5.11 Å². The molecule has 1 N–H and O–H groups in total. The average molecular weight is 271 g/mol. The number of hydrogen-bond acceptors (Lipinski definition) is 4. The van der Waals surface area contributed by atoms with Gasteiger partial charge in [0.25, 0.3) is 5.56 Å². The molecule has 2 heterocycles. The highest BCUT2D eigenvalue weighted by Gasteiger charge is 2.25. The fraction of sp³-hybridized carbons (Fsp3) is 0.455. The second-order valence-corrected chi connectivity index (χ2v) is 6.66. The van der Waals surface area contributed by atoms with Crippen LogP contribution in [0.4, 0.5) is 0 Å². The highest BCUT2D eigenvalue weighted by Crippen LogP contribution is 2.22. The van der Waals surface area contributed by atoms with Crippen LogP contribution in [0.3, 0.4) is 0 Å². The molecule has 0 atom stereocenters. The molecule has 0 unspecified atom stereocenters. The standard InChI is InChI=1S/C11H13NO5S/c13-10-2-1-8(11(14)15)7-12(10)9-3-5-18(16,17)6-4-9/h1-2,7,9H,3-6H2,(H,14,15). The van der Waals surface area contributed by atoms with Gasteiger partial charge in [0, 0.05) is 18.3 Å². The monoisotopic (exact) mass is 271 g/mol. The van der Waals surface area contributed by atoms with Gasteiger partial charge in [-0.1, -0.05) is 0 Å². The highest BCUT2D eigenvalue weighted by molar-refractivity contribution is 7.91. The van der Waals surface area contributed by atoms with Gasteiger partial charge in [-0.15, -0.1) is 0 Å². The first kappa shape index (κ1) is 12.8. The fourth-order valence-corrected chi connectivity index (χ4v) is 3.54. The summed E-state index contributed by atoms with van der Waals surface area (Å²) < 4.78 is 23.9. The number of carboxylic acid groups (broad SMARTS) is 1. The van der Waals surface area contributed by atoms with E-state index in [1.54, 1.807) is 0 Å². The minimum absolute atomic E-state index is 0.0306. The molecular weight excluding hydrogens is 258 g/mol. The predicted molar refractivity (Wildman–Crippen MR) is 64.6 cm³/mol. The Kier molecular flexibility index (Phi) is 3.25. The second-order valence-electron chi connectivity index (χ2n) is 4.35. The van der Waals surface area contributed by atoms with Gasteiger partial charge in [-0.25, -0.2) is 13.2 Å². The zero-order valence-corrected chi connectivity index (χ0v) is 10.4. The van der Waals surface area contributed by atoms with Crippen molar-refractivity contribution < 1.29 is 18.3 Å². The Morgan fingerprint density at radius 1 is 1.28 bits per heavy atom. The van der Waals surface area contributed by atoms with Crippen LogP contribution in [0.1, 0.15) is 29.2 Å². The number of hydrogen-bond donors (Lipinski definition) is 1. The normalized spacial score (nSPS) is 19.6. The molecule has 1 aliphatic rings. The van der Waals surface area contributed by atoms with Crippen molar-refractivity contribution in [3.8, 4) is 0 Å². The Hall–Kier alpha value is -1.63. The first-order chi connectivity index (χ1) is 8.39. The number of nitrogens with zero attached hydrogens (tertiary/aromatic N) is 1. The molecule has 1 aromatic rings. The van der Waals surface area contributed by atoms with Crippen molar-refractivity contribution >= 4 is 15.8 Å². The second kappa shape index (κ2) is 4.56. The molecule has 1 aromatic heterocycles. The van der Waals surface area contributed by atoms with Gasteiger partial charge in [0.2, 0.25) is 0 Å². The van der Waals surface area contributed by atoms with E-state index >= 15 is 0 Å². The van der Waals surface area contributed by atoms with Crippen LogP contribution in [-0.4, -0.2) is 35.6 Å². The Bertz CT molecular complexity index is 617. The van der Waals surface area contributed by atoms with Crippen LogP contribution in [0.2, 0.25) is 0 Å². The maximum Gasteiger partial charge on any atom is 0.337 e. The van der Waals surface area contributed by atoms with Crippen molar-refractivity contribution in [3.63, 3.8) is 0 Å². The summed E-state index contributed by atoms with van der Waals surface area (Å²) in [5, 5.41) is 8.87. The van der Waals surface area contributed by atoms with Crippen molar-refractivity contribution in [3.05, 3.63) is 34.2 Å². The molecule has 0 aromatic carbocycles. The lowest BCUT2D eigenvalue weighted by molar-refractivity contribution is 0.0695. The van der Waals surface area contributed by atoms with Crippen molar-refractivity contribution in [2.45, 2.75) is 18.9 Å². The van der Waals surface area contributed by atoms with Gasteiger partial charge in [0.1, 0.15) is 9.84 Å². The molecule has 0 amide bonds. The molecule has 0 bridgehead atoms. The van der Waals surface area contributed by atoms with Gasteiger partial charge in [0.15, 0.2) is 0 Å². The van der Waals surface area contributed by atoms with Crippen molar-refractivity contribution in [2.24, 2.45) is 0 Å². The molecule has 0 spiro atoms. The number of sulfone groups is 1. The molecule has 0 radical (unpaired) electrons. The number of aromatic nitrogens is 1. The first-order valence-corrected chi connectivity index (χ1v) is 7.37. The molecule has 1 aliphatic heterocycles. The summed E-state index contributed by atoms with van der Waals surface area (Å²) in [4.78, 5) is 22.5. The Balaban J connectivity index is 2.31. The fourth-order valence-electron chi connectivity index (χ4n) is 2.07. The van der Waals surface area contributed by atoms with Gasteiger partial charge >= 0.3 is 5.97 Å². The minimum atomic E-state index is -2.99. The summed E-state index contributed by atoms with van der Waals surface area (Å²) in [6.45, 7) is 0. The van der Waals surface area contributed by atoms with E-state index < -0.39 is 15.8 Å². The van der Waals surface area contributed by atoms with Gasteiger partial charge in [-0.05, 0) is 18.9 Å². The smallest absolute Gasteiger partial charge is 0.337 e. The third kappa shape index (κ3) is 2.61. The summed E-state index contributed by atoms with van der Waals surface area (Å²) in [7, 11) is -2.99. The minimum Gasteiger partial charge on any atom is -0.478 e. The van der Waals surface area contributed by atoms with Crippen LogP contribution < -0.4 is 5.56 Å². The number of pyridine rings is 1. The van der Waals surface area contributed by atoms with Crippen LogP contribution >= 0.6 is 0 Å². The topological polar surface area (TPSA) is 93.4 Å². The molecule has 2 rings (SSSR count). The van der Waals surface area contributed by atoms with E-state index in [0.29, 0.717) is 12.8 Å². The van der Waals surface area contributed by atoms with E-state index in [1.165, 1.54) is 22.9 Å². The summed E-state index contributed by atoms with van der Waals surface area (Å²) in [6.07, 6.45) is 1.99. The third-order valence-electron chi connectivity index (χ3n) is 3.10. The van der Waals surface area contributed by atoms with E-state index in [1.807, 2.05) is 0 Å². The number of carboxylic acids is 1. The molecule has 1 saturated heterocycles. The SMILES string of the molecule is O=C(O)c1ccc(=O)n(C2CCS(=O)(=O)CC2)c1. The van der Waals surface area contributed by atoms with Crippen LogP contribution in [0.5, 0.6) is 0 Å². The number of aromatic carboxylic acids is 1. The molecule has 6 nitrogen and oxygen atoms in total. The summed E-state index contributed by atoms with van der Waals surface area (Å²) >= 11 is 0. The zero-order chi connectivity index (χ0) is 13.3. The summed E-state index contributed by atoms with van der Waals surface area (Å²) in [5.74, 6) is -1.02. The Morgan fingerprint density at radius 3 is 2.44 bits per heavy atom. The van der Waals surface area contributed by atoms with E-state index in [2.05, 4.69) is 0 Å². The molecule has 1 fully saturated rings. The quantitative estimate of drug-likeness (QED) is 0.834. The van der Waals surface area contributed by atoms with Gasteiger partial charge in [-0.2, -0.15) is 0 Å². The van der Waals surface area contributed by atoms with Crippen LogP contribution in [0.25, 0.3) is 0 Å². The van der Waals surface area contributed by atoms with Crippen LogP contribution in [-0.2, 0) is 9.84 Å². The molecule has 0 saturated carbocycles. The number of carbonyl (C=O) groups is 1. The van der Waals surface area contributed by atoms with Crippen LogP contribution in [0, 0.1) is 0 Å².